The molecule has 1 unspecified atom stereocenters. The summed E-state index contributed by atoms with van der Waals surface area (Å²) in [6, 6.07) is 13.3. The van der Waals surface area contributed by atoms with Crippen molar-refractivity contribution >= 4 is 0 Å². The second kappa shape index (κ2) is 5.58. The number of hydrogen-bond donors (Lipinski definition) is 2. The minimum atomic E-state index is 0.319. The van der Waals surface area contributed by atoms with Crippen molar-refractivity contribution in [2.24, 2.45) is 0 Å². The van der Waals surface area contributed by atoms with Crippen molar-refractivity contribution in [3.63, 3.8) is 0 Å². The minimum Gasteiger partial charge on any atom is -0.508 e. The largest absolute Gasteiger partial charge is 0.508 e. The molecule has 0 saturated carbocycles. The zero-order valence-electron chi connectivity index (χ0n) is 11.5. The minimum absolute atomic E-state index is 0.319. The average molecular weight is 268 g/mol. The molecule has 2 nitrogen and oxygen atoms in total. The average Bonchev–Trinajstić information content (AvgIpc) is 2.63. The number of rotatable bonds is 2. The fourth-order valence-corrected chi connectivity index (χ4v) is 3.20. The van der Waals surface area contributed by atoms with E-state index in [1.807, 2.05) is 18.2 Å². The highest BCUT2D eigenvalue weighted by atomic mass is 16.3. The predicted octanol–water partition coefficient (Wildman–Crippen LogP) is 4.15. The first kappa shape index (κ1) is 13.0. The third kappa shape index (κ3) is 2.79. The summed E-state index contributed by atoms with van der Waals surface area (Å²) in [5.74, 6) is 1.20. The van der Waals surface area contributed by atoms with Crippen LogP contribution in [-0.2, 0) is 12.8 Å². The molecule has 1 aliphatic carbocycles. The Kier molecular flexibility index (Phi) is 3.64. The number of benzene rings is 2. The van der Waals surface area contributed by atoms with Gasteiger partial charge < -0.3 is 10.2 Å². The number of aryl methyl sites for hydroxylation is 1. The first-order valence-electron chi connectivity index (χ1n) is 7.32. The Morgan fingerprint density at radius 2 is 1.65 bits per heavy atom. The van der Waals surface area contributed by atoms with E-state index in [2.05, 4.69) is 6.07 Å². The summed E-state index contributed by atoms with van der Waals surface area (Å²) in [6.45, 7) is 0. The van der Waals surface area contributed by atoms with Crippen molar-refractivity contribution in [1.29, 1.82) is 0 Å². The molecular formula is C18H20O2. The first-order chi connectivity index (χ1) is 9.72. The highest BCUT2D eigenvalue weighted by molar-refractivity contribution is 5.39. The Morgan fingerprint density at radius 1 is 0.900 bits per heavy atom. The van der Waals surface area contributed by atoms with Gasteiger partial charge in [-0.15, -0.1) is 0 Å². The molecule has 0 amide bonds. The lowest BCUT2D eigenvalue weighted by Gasteiger charge is -2.18. The molecule has 0 aromatic heterocycles. The second-order valence-electron chi connectivity index (χ2n) is 5.70. The molecule has 2 N–H and O–H groups in total. The highest BCUT2D eigenvalue weighted by Gasteiger charge is 2.19. The summed E-state index contributed by atoms with van der Waals surface area (Å²) in [6.07, 6.45) is 5.69. The molecule has 2 aromatic carbocycles. The van der Waals surface area contributed by atoms with Gasteiger partial charge in [0.25, 0.3) is 0 Å². The molecule has 20 heavy (non-hydrogen) atoms. The lowest BCUT2D eigenvalue weighted by atomic mass is 9.87. The number of aromatic hydroxyl groups is 2. The maximum absolute atomic E-state index is 9.66. The number of fused-ring (bicyclic) bond motifs is 1. The van der Waals surface area contributed by atoms with Crippen molar-refractivity contribution in [1.82, 2.24) is 0 Å². The predicted molar refractivity (Wildman–Crippen MR) is 80.2 cm³/mol. The molecule has 0 spiro atoms. The van der Waals surface area contributed by atoms with E-state index in [4.69, 9.17) is 0 Å². The van der Waals surface area contributed by atoms with Gasteiger partial charge in [0.2, 0.25) is 0 Å². The van der Waals surface area contributed by atoms with Crippen LogP contribution in [0.3, 0.4) is 0 Å². The highest BCUT2D eigenvalue weighted by Crippen LogP contribution is 2.34. The van der Waals surface area contributed by atoms with Crippen LogP contribution in [0.5, 0.6) is 11.5 Å². The van der Waals surface area contributed by atoms with Gasteiger partial charge in [-0.25, -0.2) is 0 Å². The lowest BCUT2D eigenvalue weighted by molar-refractivity contribution is 0.473. The molecular weight excluding hydrogens is 248 g/mol. The Hall–Kier alpha value is -1.96. The lowest BCUT2D eigenvalue weighted by Crippen LogP contribution is -2.04. The standard InChI is InChI=1S/C18H20O2/c19-16-7-5-13(6-8-16)11-14-3-1-2-4-15-12-17(20)9-10-18(14)15/h5-10,12,14,19-20H,1-4,11H2. The van der Waals surface area contributed by atoms with Gasteiger partial charge in [0.15, 0.2) is 0 Å². The van der Waals surface area contributed by atoms with Gasteiger partial charge in [0.05, 0.1) is 0 Å². The third-order valence-corrected chi connectivity index (χ3v) is 4.23. The molecule has 0 aliphatic heterocycles. The van der Waals surface area contributed by atoms with Crippen molar-refractivity contribution in [2.75, 3.05) is 0 Å². The van der Waals surface area contributed by atoms with Crippen molar-refractivity contribution in [3.8, 4) is 11.5 Å². The van der Waals surface area contributed by atoms with Crippen LogP contribution in [0.2, 0.25) is 0 Å². The van der Waals surface area contributed by atoms with E-state index in [1.165, 1.54) is 36.0 Å². The van der Waals surface area contributed by atoms with E-state index in [1.54, 1.807) is 18.2 Å². The Morgan fingerprint density at radius 3 is 2.45 bits per heavy atom. The molecule has 0 fully saturated rings. The molecule has 2 heteroatoms. The smallest absolute Gasteiger partial charge is 0.115 e. The quantitative estimate of drug-likeness (QED) is 0.803. The van der Waals surface area contributed by atoms with Gasteiger partial charge in [-0.1, -0.05) is 24.6 Å². The van der Waals surface area contributed by atoms with Crippen LogP contribution in [0.1, 0.15) is 41.9 Å². The summed E-state index contributed by atoms with van der Waals surface area (Å²) in [4.78, 5) is 0. The topological polar surface area (TPSA) is 40.5 Å². The monoisotopic (exact) mass is 268 g/mol. The Bertz CT molecular complexity index is 587. The van der Waals surface area contributed by atoms with Gasteiger partial charge in [0.1, 0.15) is 11.5 Å². The molecule has 0 saturated heterocycles. The van der Waals surface area contributed by atoms with E-state index >= 15 is 0 Å². The molecule has 0 bridgehead atoms. The van der Waals surface area contributed by atoms with E-state index in [-0.39, 0.29) is 0 Å². The van der Waals surface area contributed by atoms with Gasteiger partial charge in [-0.2, -0.15) is 0 Å². The second-order valence-corrected chi connectivity index (χ2v) is 5.70. The fourth-order valence-electron chi connectivity index (χ4n) is 3.20. The Balaban J connectivity index is 1.88. The van der Waals surface area contributed by atoms with Crippen LogP contribution in [0.15, 0.2) is 42.5 Å². The third-order valence-electron chi connectivity index (χ3n) is 4.23. The van der Waals surface area contributed by atoms with E-state index in [9.17, 15) is 10.2 Å². The summed E-state index contributed by atoms with van der Waals surface area (Å²) in [5.41, 5.74) is 3.94. The summed E-state index contributed by atoms with van der Waals surface area (Å²) in [7, 11) is 0. The first-order valence-corrected chi connectivity index (χ1v) is 7.32. The summed E-state index contributed by atoms with van der Waals surface area (Å²) in [5, 5.41) is 19.0. The maximum Gasteiger partial charge on any atom is 0.115 e. The molecule has 1 aliphatic rings. The normalized spacial score (nSPS) is 18.3. The van der Waals surface area contributed by atoms with Crippen LogP contribution in [0, 0.1) is 0 Å². The molecule has 3 rings (SSSR count). The number of phenolic OH excluding ortho intramolecular Hbond substituents is 2. The fraction of sp³-hybridized carbons (Fsp3) is 0.333. The number of phenols is 2. The summed E-state index contributed by atoms with van der Waals surface area (Å²) < 4.78 is 0. The van der Waals surface area contributed by atoms with Crippen molar-refractivity contribution in [3.05, 3.63) is 59.2 Å². The summed E-state index contributed by atoms with van der Waals surface area (Å²) >= 11 is 0. The zero-order valence-corrected chi connectivity index (χ0v) is 11.5. The zero-order chi connectivity index (χ0) is 13.9. The van der Waals surface area contributed by atoms with Crippen molar-refractivity contribution < 1.29 is 10.2 Å². The van der Waals surface area contributed by atoms with Crippen LogP contribution >= 0.6 is 0 Å². The van der Waals surface area contributed by atoms with Gasteiger partial charge >= 0.3 is 0 Å². The van der Waals surface area contributed by atoms with Gasteiger partial charge in [0, 0.05) is 0 Å². The molecule has 0 heterocycles. The molecule has 1 atom stereocenters. The SMILES string of the molecule is Oc1ccc(CC2CCCCc3cc(O)ccc32)cc1. The van der Waals surface area contributed by atoms with Crippen LogP contribution in [0.4, 0.5) is 0 Å². The maximum atomic E-state index is 9.66. The van der Waals surface area contributed by atoms with E-state index in [0.717, 1.165) is 12.8 Å². The Labute approximate surface area is 119 Å². The van der Waals surface area contributed by atoms with Crippen LogP contribution in [0.25, 0.3) is 0 Å². The van der Waals surface area contributed by atoms with Gasteiger partial charge in [-0.3, -0.25) is 0 Å². The van der Waals surface area contributed by atoms with Crippen LogP contribution < -0.4 is 0 Å². The van der Waals surface area contributed by atoms with E-state index in [0.29, 0.717) is 17.4 Å². The van der Waals surface area contributed by atoms with Crippen molar-refractivity contribution in [2.45, 2.75) is 38.0 Å². The van der Waals surface area contributed by atoms with E-state index < -0.39 is 0 Å². The number of hydrogen-bond acceptors (Lipinski definition) is 2. The molecule has 104 valence electrons. The van der Waals surface area contributed by atoms with Crippen LogP contribution in [-0.4, -0.2) is 10.2 Å². The van der Waals surface area contributed by atoms with Gasteiger partial charge in [-0.05, 0) is 72.6 Å². The molecule has 0 radical (unpaired) electrons. The molecule has 2 aromatic rings.